The van der Waals surface area contributed by atoms with E-state index < -0.39 is 0 Å². The lowest BCUT2D eigenvalue weighted by molar-refractivity contribution is 0.0674. The van der Waals surface area contributed by atoms with Gasteiger partial charge < -0.3 is 10.6 Å². The zero-order chi connectivity index (χ0) is 13.8. The Hall–Kier alpha value is -1.58. The molecule has 0 bridgehead atoms. The number of pyridine rings is 1. The van der Waals surface area contributed by atoms with Crippen LogP contribution in [-0.4, -0.2) is 28.9 Å². The van der Waals surface area contributed by atoms with Crippen molar-refractivity contribution in [3.63, 3.8) is 0 Å². The maximum Gasteiger partial charge on any atom is 0.255 e. The van der Waals surface area contributed by atoms with E-state index in [4.69, 9.17) is 5.73 Å². The largest absolute Gasteiger partial charge is 0.384 e. The Labute approximate surface area is 115 Å². The third-order valence-electron chi connectivity index (χ3n) is 4.30. The molecule has 1 aromatic heterocycles. The second-order valence-electron chi connectivity index (χ2n) is 5.47. The summed E-state index contributed by atoms with van der Waals surface area (Å²) < 4.78 is 0. The van der Waals surface area contributed by atoms with Crippen LogP contribution in [-0.2, 0) is 0 Å². The van der Waals surface area contributed by atoms with E-state index in [0.717, 1.165) is 18.8 Å². The maximum absolute atomic E-state index is 12.4. The van der Waals surface area contributed by atoms with Gasteiger partial charge in [0.15, 0.2) is 0 Å². The Kier molecular flexibility index (Phi) is 4.40. The van der Waals surface area contributed by atoms with Gasteiger partial charge in [0.05, 0.1) is 5.56 Å². The van der Waals surface area contributed by atoms with Gasteiger partial charge in [0.25, 0.3) is 5.91 Å². The van der Waals surface area contributed by atoms with Crippen molar-refractivity contribution < 1.29 is 4.79 Å². The van der Waals surface area contributed by atoms with Crippen molar-refractivity contribution in [1.29, 1.82) is 0 Å². The van der Waals surface area contributed by atoms with E-state index in [1.807, 2.05) is 11.9 Å². The van der Waals surface area contributed by atoms with E-state index in [-0.39, 0.29) is 5.91 Å². The average molecular weight is 261 g/mol. The van der Waals surface area contributed by atoms with E-state index in [1.165, 1.54) is 19.3 Å². The molecule has 1 saturated carbocycles. The molecule has 0 spiro atoms. The van der Waals surface area contributed by atoms with Crippen molar-refractivity contribution in [1.82, 2.24) is 9.88 Å². The normalized spacial score (nSPS) is 23.1. The quantitative estimate of drug-likeness (QED) is 0.910. The minimum Gasteiger partial charge on any atom is -0.384 e. The van der Waals surface area contributed by atoms with E-state index in [0.29, 0.717) is 17.4 Å². The van der Waals surface area contributed by atoms with Crippen LogP contribution >= 0.6 is 0 Å². The molecule has 1 heterocycles. The fraction of sp³-hybridized carbons (Fsp3) is 0.600. The fourth-order valence-electron chi connectivity index (χ4n) is 2.84. The standard InChI is InChI=1S/C15H23N3O/c1-3-11-4-7-13(8-5-11)18(2)15(19)12-6-9-14(16)17-10-12/h6,9-11,13H,3-5,7-8H2,1-2H3,(H2,16,17). The predicted octanol–water partition coefficient (Wildman–Crippen LogP) is 2.70. The Morgan fingerprint density at radius 1 is 1.37 bits per heavy atom. The van der Waals surface area contributed by atoms with Gasteiger partial charge >= 0.3 is 0 Å². The summed E-state index contributed by atoms with van der Waals surface area (Å²) in [7, 11) is 1.90. The van der Waals surface area contributed by atoms with Crippen LogP contribution < -0.4 is 5.73 Å². The van der Waals surface area contributed by atoms with Crippen LogP contribution in [0.3, 0.4) is 0 Å². The van der Waals surface area contributed by atoms with Crippen molar-refractivity contribution >= 4 is 11.7 Å². The van der Waals surface area contributed by atoms with Crippen molar-refractivity contribution in [2.45, 2.75) is 45.1 Å². The van der Waals surface area contributed by atoms with Crippen LogP contribution in [0.15, 0.2) is 18.3 Å². The van der Waals surface area contributed by atoms with Gasteiger partial charge in [-0.05, 0) is 43.7 Å². The van der Waals surface area contributed by atoms with Crippen LogP contribution in [0.1, 0.15) is 49.4 Å². The molecule has 19 heavy (non-hydrogen) atoms. The Balaban J connectivity index is 1.98. The van der Waals surface area contributed by atoms with Crippen LogP contribution in [0.4, 0.5) is 5.82 Å². The number of nitrogens with zero attached hydrogens (tertiary/aromatic N) is 2. The lowest BCUT2D eigenvalue weighted by Gasteiger charge is -2.34. The number of hydrogen-bond donors (Lipinski definition) is 1. The monoisotopic (exact) mass is 261 g/mol. The van der Waals surface area contributed by atoms with Crippen LogP contribution in [0.5, 0.6) is 0 Å². The summed E-state index contributed by atoms with van der Waals surface area (Å²) in [5, 5.41) is 0. The van der Waals surface area contributed by atoms with Crippen LogP contribution in [0.2, 0.25) is 0 Å². The summed E-state index contributed by atoms with van der Waals surface area (Å²) in [6.45, 7) is 2.25. The highest BCUT2D eigenvalue weighted by Crippen LogP contribution is 2.29. The third kappa shape index (κ3) is 3.25. The number of nitrogen functional groups attached to an aromatic ring is 1. The van der Waals surface area contributed by atoms with Crippen molar-refractivity contribution in [2.75, 3.05) is 12.8 Å². The minimum atomic E-state index is 0.0486. The molecular formula is C15H23N3O. The van der Waals surface area contributed by atoms with Gasteiger partial charge in [-0.3, -0.25) is 4.79 Å². The molecule has 4 heteroatoms. The van der Waals surface area contributed by atoms with E-state index in [2.05, 4.69) is 11.9 Å². The highest BCUT2D eigenvalue weighted by atomic mass is 16.2. The third-order valence-corrected chi connectivity index (χ3v) is 4.30. The molecule has 0 unspecified atom stereocenters. The molecule has 0 aliphatic heterocycles. The summed E-state index contributed by atoms with van der Waals surface area (Å²) in [6, 6.07) is 3.79. The molecule has 1 amide bonds. The molecule has 1 aliphatic carbocycles. The summed E-state index contributed by atoms with van der Waals surface area (Å²) in [6.07, 6.45) is 7.52. The Morgan fingerprint density at radius 2 is 2.05 bits per heavy atom. The van der Waals surface area contributed by atoms with Gasteiger partial charge in [-0.2, -0.15) is 0 Å². The lowest BCUT2D eigenvalue weighted by atomic mass is 9.84. The Morgan fingerprint density at radius 3 is 2.58 bits per heavy atom. The predicted molar refractivity (Wildman–Crippen MR) is 76.8 cm³/mol. The van der Waals surface area contributed by atoms with Crippen LogP contribution in [0, 0.1) is 5.92 Å². The molecule has 0 atom stereocenters. The van der Waals surface area contributed by atoms with Crippen molar-refractivity contribution in [3.05, 3.63) is 23.9 Å². The van der Waals surface area contributed by atoms with Gasteiger partial charge in [0, 0.05) is 19.3 Å². The molecule has 2 rings (SSSR count). The topological polar surface area (TPSA) is 59.2 Å². The number of carbonyl (C=O) groups excluding carboxylic acids is 1. The highest BCUT2D eigenvalue weighted by molar-refractivity contribution is 5.94. The van der Waals surface area contributed by atoms with Gasteiger partial charge in [-0.15, -0.1) is 0 Å². The van der Waals surface area contributed by atoms with E-state index in [1.54, 1.807) is 18.3 Å². The van der Waals surface area contributed by atoms with E-state index >= 15 is 0 Å². The number of anilines is 1. The molecule has 104 valence electrons. The molecular weight excluding hydrogens is 238 g/mol. The number of hydrogen-bond acceptors (Lipinski definition) is 3. The summed E-state index contributed by atoms with van der Waals surface area (Å²) >= 11 is 0. The second-order valence-corrected chi connectivity index (χ2v) is 5.47. The zero-order valence-corrected chi connectivity index (χ0v) is 11.8. The first-order valence-corrected chi connectivity index (χ1v) is 7.10. The molecule has 2 N–H and O–H groups in total. The lowest BCUT2D eigenvalue weighted by Crippen LogP contribution is -2.39. The van der Waals surface area contributed by atoms with Crippen molar-refractivity contribution in [3.8, 4) is 0 Å². The first-order chi connectivity index (χ1) is 9.11. The molecule has 1 aromatic rings. The molecule has 1 fully saturated rings. The maximum atomic E-state index is 12.4. The van der Waals surface area contributed by atoms with Gasteiger partial charge in [0.2, 0.25) is 0 Å². The average Bonchev–Trinajstić information content (AvgIpc) is 2.46. The number of aromatic nitrogens is 1. The summed E-state index contributed by atoms with van der Waals surface area (Å²) in [5.41, 5.74) is 6.16. The molecule has 0 aromatic carbocycles. The Bertz CT molecular complexity index is 422. The number of rotatable bonds is 3. The fourth-order valence-corrected chi connectivity index (χ4v) is 2.84. The summed E-state index contributed by atoms with van der Waals surface area (Å²) in [4.78, 5) is 18.2. The molecule has 0 radical (unpaired) electrons. The minimum absolute atomic E-state index is 0.0486. The number of carbonyl (C=O) groups is 1. The smallest absolute Gasteiger partial charge is 0.255 e. The second kappa shape index (κ2) is 6.04. The van der Waals surface area contributed by atoms with Crippen LogP contribution in [0.25, 0.3) is 0 Å². The zero-order valence-electron chi connectivity index (χ0n) is 11.8. The first kappa shape index (κ1) is 13.8. The SMILES string of the molecule is CCC1CCC(N(C)C(=O)c2ccc(N)nc2)CC1. The molecule has 4 nitrogen and oxygen atoms in total. The first-order valence-electron chi connectivity index (χ1n) is 7.10. The van der Waals surface area contributed by atoms with Gasteiger partial charge in [0.1, 0.15) is 5.82 Å². The van der Waals surface area contributed by atoms with Crippen molar-refractivity contribution in [2.24, 2.45) is 5.92 Å². The van der Waals surface area contributed by atoms with Gasteiger partial charge in [-0.25, -0.2) is 4.98 Å². The number of amides is 1. The van der Waals surface area contributed by atoms with Gasteiger partial charge in [-0.1, -0.05) is 13.3 Å². The van der Waals surface area contributed by atoms with E-state index in [9.17, 15) is 4.79 Å². The molecule has 1 aliphatic rings. The summed E-state index contributed by atoms with van der Waals surface area (Å²) in [5.74, 6) is 1.34. The molecule has 0 saturated heterocycles. The highest BCUT2D eigenvalue weighted by Gasteiger charge is 2.26. The number of nitrogens with two attached hydrogens (primary N) is 1.